The molecule has 0 radical (unpaired) electrons. The summed E-state index contributed by atoms with van der Waals surface area (Å²) in [6.07, 6.45) is 1.67. The number of amides is 1. The minimum atomic E-state index is -0.0639. The predicted octanol–water partition coefficient (Wildman–Crippen LogP) is 0.588. The molecule has 0 aromatic carbocycles. The van der Waals surface area contributed by atoms with Crippen LogP contribution in [0.3, 0.4) is 0 Å². The van der Waals surface area contributed by atoms with Gasteiger partial charge in [0.25, 0.3) is 5.91 Å². The fourth-order valence-electron chi connectivity index (χ4n) is 2.02. The highest BCUT2D eigenvalue weighted by Crippen LogP contribution is 2.18. The molecule has 0 atom stereocenters. The summed E-state index contributed by atoms with van der Waals surface area (Å²) in [5.41, 5.74) is 7.77. The van der Waals surface area contributed by atoms with Crippen LogP contribution in [0.15, 0.2) is 0 Å². The fraction of sp³-hybridized carbons (Fsp3) is 0.692. The highest BCUT2D eigenvalue weighted by Gasteiger charge is 2.21. The van der Waals surface area contributed by atoms with Gasteiger partial charge in [-0.25, -0.2) is 0 Å². The van der Waals surface area contributed by atoms with Crippen LogP contribution in [0.25, 0.3) is 0 Å². The van der Waals surface area contributed by atoms with Crippen molar-refractivity contribution in [2.45, 2.75) is 19.8 Å². The number of rotatable bonds is 6. The van der Waals surface area contributed by atoms with E-state index in [9.17, 15) is 4.79 Å². The lowest BCUT2D eigenvalue weighted by Gasteiger charge is -2.18. The molecule has 1 amide bonds. The van der Waals surface area contributed by atoms with E-state index in [4.69, 9.17) is 5.73 Å². The molecule has 0 fully saturated rings. The van der Waals surface area contributed by atoms with Crippen LogP contribution in [0, 0.1) is 0 Å². The molecule has 0 saturated carbocycles. The van der Waals surface area contributed by atoms with Crippen LogP contribution in [0.4, 0.5) is 5.69 Å². The zero-order chi connectivity index (χ0) is 14.6. The van der Waals surface area contributed by atoms with Crippen molar-refractivity contribution in [2.75, 3.05) is 40.0 Å². The van der Waals surface area contributed by atoms with E-state index in [0.29, 0.717) is 17.9 Å². The number of aromatic nitrogens is 2. The highest BCUT2D eigenvalue weighted by molar-refractivity contribution is 5.97. The predicted molar refractivity (Wildman–Crippen MR) is 77.1 cm³/mol. The van der Waals surface area contributed by atoms with Gasteiger partial charge in [0.2, 0.25) is 0 Å². The molecule has 0 aliphatic rings. The van der Waals surface area contributed by atoms with E-state index < -0.39 is 0 Å². The second kappa shape index (κ2) is 6.56. The highest BCUT2D eigenvalue weighted by atomic mass is 16.2. The van der Waals surface area contributed by atoms with Crippen LogP contribution in [0.1, 0.15) is 29.5 Å². The van der Waals surface area contributed by atoms with E-state index in [1.165, 1.54) is 0 Å². The van der Waals surface area contributed by atoms with Crippen molar-refractivity contribution in [3.05, 3.63) is 11.4 Å². The van der Waals surface area contributed by atoms with E-state index in [2.05, 4.69) is 10.00 Å². The number of hydrogen-bond acceptors (Lipinski definition) is 4. The summed E-state index contributed by atoms with van der Waals surface area (Å²) in [4.78, 5) is 16.2. The van der Waals surface area contributed by atoms with Gasteiger partial charge in [0.05, 0.1) is 11.4 Å². The number of anilines is 1. The molecule has 0 bridgehead atoms. The van der Waals surface area contributed by atoms with Crippen LogP contribution in [0.5, 0.6) is 0 Å². The van der Waals surface area contributed by atoms with Crippen molar-refractivity contribution in [2.24, 2.45) is 7.05 Å². The first-order chi connectivity index (χ1) is 8.88. The Balaban J connectivity index is 2.74. The average molecular weight is 267 g/mol. The van der Waals surface area contributed by atoms with Gasteiger partial charge in [-0.05, 0) is 33.5 Å². The Labute approximate surface area is 115 Å². The molecule has 0 unspecified atom stereocenters. The summed E-state index contributed by atoms with van der Waals surface area (Å²) < 4.78 is 1.58. The first kappa shape index (κ1) is 15.5. The standard InChI is InChI=1S/C13H25N5O/c1-6-10-11(14)12(18(5)15-10)13(19)17(4)9-7-8-16(2)3/h6-9,14H2,1-5H3. The number of carbonyl (C=O) groups is 1. The molecular weight excluding hydrogens is 242 g/mol. The Morgan fingerprint density at radius 2 is 1.95 bits per heavy atom. The molecule has 0 saturated heterocycles. The quantitative estimate of drug-likeness (QED) is 0.819. The van der Waals surface area contributed by atoms with E-state index in [-0.39, 0.29) is 5.91 Å². The molecule has 1 aromatic rings. The summed E-state index contributed by atoms with van der Waals surface area (Å²) in [7, 11) is 7.61. The number of carbonyl (C=O) groups excluding carboxylic acids is 1. The lowest BCUT2D eigenvalue weighted by atomic mass is 10.2. The Morgan fingerprint density at radius 3 is 2.42 bits per heavy atom. The molecule has 6 nitrogen and oxygen atoms in total. The smallest absolute Gasteiger partial charge is 0.274 e. The Morgan fingerprint density at radius 1 is 1.32 bits per heavy atom. The molecule has 1 aromatic heterocycles. The van der Waals surface area contributed by atoms with E-state index in [1.807, 2.05) is 21.0 Å². The number of nitrogens with two attached hydrogens (primary N) is 1. The molecule has 2 N–H and O–H groups in total. The fourth-order valence-corrected chi connectivity index (χ4v) is 2.02. The Hall–Kier alpha value is -1.56. The third-order valence-corrected chi connectivity index (χ3v) is 3.14. The third-order valence-electron chi connectivity index (χ3n) is 3.14. The normalized spacial score (nSPS) is 11.1. The molecule has 0 aliphatic heterocycles. The lowest BCUT2D eigenvalue weighted by molar-refractivity contribution is 0.0781. The number of aryl methyl sites for hydroxylation is 2. The van der Waals surface area contributed by atoms with Crippen molar-refractivity contribution in [3.63, 3.8) is 0 Å². The summed E-state index contributed by atoms with van der Waals surface area (Å²) in [6.45, 7) is 3.65. The van der Waals surface area contributed by atoms with Crippen molar-refractivity contribution in [1.82, 2.24) is 19.6 Å². The molecule has 0 spiro atoms. The van der Waals surface area contributed by atoms with E-state index >= 15 is 0 Å². The second-order valence-corrected chi connectivity index (χ2v) is 5.07. The van der Waals surface area contributed by atoms with E-state index in [1.54, 1.807) is 23.7 Å². The van der Waals surface area contributed by atoms with Gasteiger partial charge in [-0.15, -0.1) is 0 Å². The van der Waals surface area contributed by atoms with Crippen LogP contribution in [-0.4, -0.2) is 59.7 Å². The third kappa shape index (κ3) is 3.70. The van der Waals surface area contributed by atoms with Gasteiger partial charge in [-0.1, -0.05) is 6.92 Å². The van der Waals surface area contributed by atoms with Crippen molar-refractivity contribution in [3.8, 4) is 0 Å². The van der Waals surface area contributed by atoms with Gasteiger partial charge in [0, 0.05) is 20.6 Å². The molecule has 1 rings (SSSR count). The van der Waals surface area contributed by atoms with Crippen molar-refractivity contribution in [1.29, 1.82) is 0 Å². The van der Waals surface area contributed by atoms with Crippen LogP contribution >= 0.6 is 0 Å². The molecule has 108 valence electrons. The topological polar surface area (TPSA) is 67.4 Å². The molecular formula is C13H25N5O. The van der Waals surface area contributed by atoms with Crippen molar-refractivity contribution >= 4 is 11.6 Å². The van der Waals surface area contributed by atoms with Gasteiger partial charge < -0.3 is 15.5 Å². The summed E-state index contributed by atoms with van der Waals surface area (Å²) in [5.74, 6) is -0.0639. The number of hydrogen-bond donors (Lipinski definition) is 1. The second-order valence-electron chi connectivity index (χ2n) is 5.07. The van der Waals surface area contributed by atoms with Crippen LogP contribution in [0.2, 0.25) is 0 Å². The maximum absolute atomic E-state index is 12.4. The maximum atomic E-state index is 12.4. The zero-order valence-corrected chi connectivity index (χ0v) is 12.6. The monoisotopic (exact) mass is 267 g/mol. The van der Waals surface area contributed by atoms with Crippen molar-refractivity contribution < 1.29 is 4.79 Å². The largest absolute Gasteiger partial charge is 0.395 e. The number of nitrogens with zero attached hydrogens (tertiary/aromatic N) is 4. The summed E-state index contributed by atoms with van der Waals surface area (Å²) in [5, 5.41) is 4.28. The molecule has 1 heterocycles. The maximum Gasteiger partial charge on any atom is 0.274 e. The van der Waals surface area contributed by atoms with Gasteiger partial charge in [-0.2, -0.15) is 5.10 Å². The Kier molecular flexibility index (Phi) is 5.35. The zero-order valence-electron chi connectivity index (χ0n) is 12.6. The Bertz CT molecular complexity index is 438. The first-order valence-electron chi connectivity index (χ1n) is 6.60. The lowest BCUT2D eigenvalue weighted by Crippen LogP contribution is -2.31. The van der Waals surface area contributed by atoms with E-state index in [0.717, 1.165) is 25.1 Å². The number of nitrogen functional groups attached to an aromatic ring is 1. The van der Waals surface area contributed by atoms with Crippen LogP contribution < -0.4 is 5.73 Å². The molecule has 6 heteroatoms. The molecule has 0 aliphatic carbocycles. The van der Waals surface area contributed by atoms with Crippen LogP contribution in [-0.2, 0) is 13.5 Å². The van der Waals surface area contributed by atoms with Gasteiger partial charge in [0.15, 0.2) is 0 Å². The van der Waals surface area contributed by atoms with Gasteiger partial charge >= 0.3 is 0 Å². The molecule has 19 heavy (non-hydrogen) atoms. The summed E-state index contributed by atoms with van der Waals surface area (Å²) >= 11 is 0. The SMILES string of the molecule is CCc1nn(C)c(C(=O)N(C)CCCN(C)C)c1N. The summed E-state index contributed by atoms with van der Waals surface area (Å²) in [6, 6.07) is 0. The average Bonchev–Trinajstić information content (AvgIpc) is 2.62. The minimum Gasteiger partial charge on any atom is -0.395 e. The first-order valence-corrected chi connectivity index (χ1v) is 6.60. The van der Waals surface area contributed by atoms with Gasteiger partial charge in [-0.3, -0.25) is 9.48 Å². The minimum absolute atomic E-state index is 0.0639. The van der Waals surface area contributed by atoms with Gasteiger partial charge in [0.1, 0.15) is 5.69 Å².